The molecule has 2 atom stereocenters. The van der Waals surface area contributed by atoms with Gasteiger partial charge in [0.05, 0.1) is 6.54 Å². The lowest BCUT2D eigenvalue weighted by molar-refractivity contribution is -0.769. The summed E-state index contributed by atoms with van der Waals surface area (Å²) in [6.45, 7) is 2.42. The van der Waals surface area contributed by atoms with Crippen molar-refractivity contribution in [2.75, 3.05) is 6.54 Å². The van der Waals surface area contributed by atoms with E-state index in [-0.39, 0.29) is 12.4 Å². The molecule has 0 radical (unpaired) electrons. The van der Waals surface area contributed by atoms with Crippen molar-refractivity contribution in [3.05, 3.63) is 29.8 Å². The van der Waals surface area contributed by atoms with E-state index in [0.717, 1.165) is 18.3 Å². The second-order valence-electron chi connectivity index (χ2n) is 4.42. The molecule has 1 fully saturated rings. The number of halogens is 1. The van der Waals surface area contributed by atoms with E-state index in [9.17, 15) is 13.2 Å². The van der Waals surface area contributed by atoms with Crippen molar-refractivity contribution in [1.82, 2.24) is 0 Å². The van der Waals surface area contributed by atoms with Crippen molar-refractivity contribution in [1.29, 1.82) is 0 Å². The van der Waals surface area contributed by atoms with Gasteiger partial charge in [-0.25, -0.2) is 4.31 Å². The zero-order valence-corrected chi connectivity index (χ0v) is 11.7. The molecule has 100 valence electrons. The highest BCUT2D eigenvalue weighted by molar-refractivity contribution is 7.85. The lowest BCUT2D eigenvalue weighted by Gasteiger charge is -2.16. The van der Waals surface area contributed by atoms with Crippen LogP contribution >= 0.6 is 0 Å². The highest BCUT2D eigenvalue weighted by Gasteiger charge is 2.39. The maximum Gasteiger partial charge on any atom is 0.326 e. The van der Waals surface area contributed by atoms with Crippen LogP contribution in [0, 0.1) is 6.92 Å². The average molecular weight is 290 g/mol. The fourth-order valence-corrected chi connectivity index (χ4v) is 3.97. The van der Waals surface area contributed by atoms with E-state index in [1.165, 1.54) is 0 Å². The first-order valence-electron chi connectivity index (χ1n) is 5.68. The molecule has 1 aromatic carbocycles. The lowest BCUT2D eigenvalue weighted by atomic mass is 10.2. The molecule has 1 aromatic rings. The maximum atomic E-state index is 12.3. The maximum absolute atomic E-state index is 12.3. The first-order chi connectivity index (χ1) is 8.05. The molecule has 0 spiro atoms. The van der Waals surface area contributed by atoms with E-state index in [4.69, 9.17) is 0 Å². The van der Waals surface area contributed by atoms with Crippen LogP contribution in [-0.4, -0.2) is 27.3 Å². The Labute approximate surface area is 113 Å². The van der Waals surface area contributed by atoms with Gasteiger partial charge in [-0.05, 0) is 19.1 Å². The minimum absolute atomic E-state index is 0. The molecule has 1 N–H and O–H groups in total. The van der Waals surface area contributed by atoms with Gasteiger partial charge in [0.2, 0.25) is 0 Å². The van der Waals surface area contributed by atoms with Crippen molar-refractivity contribution >= 4 is 16.3 Å². The Morgan fingerprint density at radius 1 is 1.28 bits per heavy atom. The molecule has 0 bridgehead atoms. The van der Waals surface area contributed by atoms with Crippen LogP contribution in [-0.2, 0) is 14.8 Å². The van der Waals surface area contributed by atoms with Gasteiger partial charge in [-0.2, -0.15) is 8.42 Å². The summed E-state index contributed by atoms with van der Waals surface area (Å²) < 4.78 is 25.0. The van der Waals surface area contributed by atoms with Crippen LogP contribution < -0.4 is 16.7 Å². The predicted molar refractivity (Wildman–Crippen MR) is 63.3 cm³/mol. The lowest BCUT2D eigenvalue weighted by Crippen LogP contribution is -3.15. The van der Waals surface area contributed by atoms with E-state index >= 15 is 0 Å². The summed E-state index contributed by atoms with van der Waals surface area (Å²) in [5, 5.41) is 0. The van der Waals surface area contributed by atoms with Gasteiger partial charge in [-0.15, -0.1) is 0 Å². The number of aryl methyl sites for hydroxylation is 1. The normalized spacial score (nSPS) is 23.4. The van der Waals surface area contributed by atoms with Crippen molar-refractivity contribution in [3.63, 3.8) is 0 Å². The fraction of sp³-hybridized carbons (Fsp3) is 0.417. The molecule has 0 saturated carbocycles. The molecule has 18 heavy (non-hydrogen) atoms. The molecular weight excluding hydrogens is 274 g/mol. The van der Waals surface area contributed by atoms with Gasteiger partial charge in [0, 0.05) is 12.8 Å². The molecule has 4 nitrogen and oxygen atoms in total. The quantitative estimate of drug-likeness (QED) is 0.601. The van der Waals surface area contributed by atoms with Gasteiger partial charge < -0.3 is 12.4 Å². The minimum Gasteiger partial charge on any atom is -1.00 e. The molecule has 0 amide bonds. The number of benzene rings is 1. The van der Waals surface area contributed by atoms with Crippen LogP contribution in [0.2, 0.25) is 0 Å². The molecule has 0 aliphatic carbocycles. The molecule has 1 saturated heterocycles. The number of nitrogens with one attached hydrogen (secondary N) is 1. The topological polar surface area (TPSA) is 55.6 Å². The van der Waals surface area contributed by atoms with Gasteiger partial charge in [0.15, 0.2) is 12.3 Å². The summed E-state index contributed by atoms with van der Waals surface area (Å²) in [7, 11) is -3.43. The van der Waals surface area contributed by atoms with E-state index in [1.807, 2.05) is 6.92 Å². The van der Waals surface area contributed by atoms with E-state index in [1.54, 1.807) is 24.3 Å². The average Bonchev–Trinajstić information content (AvgIpc) is 2.78. The van der Waals surface area contributed by atoms with E-state index < -0.39 is 16.1 Å². The van der Waals surface area contributed by atoms with Crippen LogP contribution in [0.5, 0.6) is 0 Å². The first kappa shape index (κ1) is 15.1. The summed E-state index contributed by atoms with van der Waals surface area (Å²) in [5.41, 5.74) is 1.02. The van der Waals surface area contributed by atoms with Crippen LogP contribution in [0.15, 0.2) is 29.2 Å². The van der Waals surface area contributed by atoms with Gasteiger partial charge in [0.25, 0.3) is 0 Å². The van der Waals surface area contributed by atoms with Gasteiger partial charge >= 0.3 is 10.0 Å². The van der Waals surface area contributed by atoms with Crippen LogP contribution in [0.25, 0.3) is 0 Å². The molecule has 2 rings (SSSR count). The van der Waals surface area contributed by atoms with Crippen LogP contribution in [0.4, 0.5) is 0 Å². The molecule has 1 aliphatic rings. The van der Waals surface area contributed by atoms with Gasteiger partial charge in [-0.3, -0.25) is 4.79 Å². The zero-order valence-electron chi connectivity index (χ0n) is 10.1. The van der Waals surface area contributed by atoms with Crippen LogP contribution in [0.1, 0.15) is 18.4 Å². The third-order valence-corrected chi connectivity index (χ3v) is 5.28. The Morgan fingerprint density at radius 2 is 1.89 bits per heavy atom. The molecule has 1 unspecified atom stereocenters. The highest BCUT2D eigenvalue weighted by Crippen LogP contribution is 2.10. The van der Waals surface area contributed by atoms with Crippen LogP contribution in [0.3, 0.4) is 0 Å². The number of sulfonamides is 1. The Morgan fingerprint density at radius 3 is 2.44 bits per heavy atom. The van der Waals surface area contributed by atoms with Crippen molar-refractivity contribution in [3.8, 4) is 0 Å². The second kappa shape index (κ2) is 5.82. The Bertz CT molecular complexity index is 513. The number of carbonyl (C=O) groups is 1. The van der Waals surface area contributed by atoms with Gasteiger partial charge in [0.1, 0.15) is 4.90 Å². The second-order valence-corrected chi connectivity index (χ2v) is 6.42. The Kier molecular flexibility index (Phi) is 4.90. The Hall–Kier alpha value is -0.910. The third-order valence-electron chi connectivity index (χ3n) is 3.19. The first-order valence-corrected chi connectivity index (χ1v) is 7.17. The van der Waals surface area contributed by atoms with E-state index in [2.05, 4.69) is 0 Å². The Balaban J connectivity index is 0.00000162. The molecular formula is C12H16ClNO3S. The monoisotopic (exact) mass is 289 g/mol. The van der Waals surface area contributed by atoms with Gasteiger partial charge in [-0.1, -0.05) is 17.7 Å². The number of aldehydes is 1. The third kappa shape index (κ3) is 2.74. The molecule has 6 heteroatoms. The highest BCUT2D eigenvalue weighted by atomic mass is 35.5. The summed E-state index contributed by atoms with van der Waals surface area (Å²) in [6.07, 6.45) is 2.20. The predicted octanol–water partition coefficient (Wildman–Crippen LogP) is -3.07. The standard InChI is InChI=1S/C12H15NO3S.ClH/c1-10-4-6-12(7-5-10)17(15,16)13-8-2-3-11(13)9-14;/h4-7,9,11H,2-3,8H2,1H3;1H/t11-;/m0./s1. The molecule has 0 aromatic heterocycles. The number of hydrogen-bond donors (Lipinski definition) is 1. The number of quaternary nitrogens is 1. The minimum atomic E-state index is -3.43. The largest absolute Gasteiger partial charge is 1.00 e. The SMILES string of the molecule is Cc1ccc(S(=O)(=O)[NH+]2CCC[C@H]2C=O)cc1.[Cl-]. The van der Waals surface area contributed by atoms with Crippen molar-refractivity contribution in [2.45, 2.75) is 30.7 Å². The van der Waals surface area contributed by atoms with E-state index in [0.29, 0.717) is 22.2 Å². The number of carbonyl (C=O) groups excluding carboxylic acids is 1. The summed E-state index contributed by atoms with van der Waals surface area (Å²) in [6, 6.07) is 6.35. The fourth-order valence-electron chi connectivity index (χ4n) is 2.19. The van der Waals surface area contributed by atoms with Crippen molar-refractivity contribution < 1.29 is 29.9 Å². The summed E-state index contributed by atoms with van der Waals surface area (Å²) >= 11 is 0. The smallest absolute Gasteiger partial charge is 0.326 e. The summed E-state index contributed by atoms with van der Waals surface area (Å²) in [4.78, 5) is 11.2. The number of hydrogen-bond acceptors (Lipinski definition) is 3. The number of rotatable bonds is 3. The van der Waals surface area contributed by atoms with Crippen molar-refractivity contribution in [2.24, 2.45) is 0 Å². The summed E-state index contributed by atoms with van der Waals surface area (Å²) in [5.74, 6) is 0. The molecule has 1 aliphatic heterocycles. The zero-order chi connectivity index (χ0) is 12.5. The molecule has 1 heterocycles.